The first-order valence-electron chi connectivity index (χ1n) is 8.40. The molecule has 0 radical (unpaired) electrons. The second-order valence-corrected chi connectivity index (χ2v) is 7.20. The minimum atomic E-state index is -4.76. The predicted molar refractivity (Wildman–Crippen MR) is 102 cm³/mol. The number of nitrogens with zero attached hydrogens (tertiary/aromatic N) is 3. The Balaban J connectivity index is 2.04. The number of hydrogen-bond donors (Lipinski definition) is 1. The maximum Gasteiger partial charge on any atom is 0.435 e. The molecule has 1 aromatic heterocycles. The summed E-state index contributed by atoms with van der Waals surface area (Å²) in [6.07, 6.45) is -4.76. The average molecular weight is 461 g/mol. The van der Waals surface area contributed by atoms with Gasteiger partial charge in [-0.15, -0.1) is 0 Å². The first kappa shape index (κ1) is 19.1. The number of para-hydroxylation sites is 1. The van der Waals surface area contributed by atoms with Crippen molar-refractivity contribution in [3.05, 3.63) is 87.3 Å². The molecule has 2 heterocycles. The molecular formula is C20H12BrF3N4O. The number of benzene rings is 2. The van der Waals surface area contributed by atoms with Gasteiger partial charge in [-0.1, -0.05) is 46.3 Å². The van der Waals surface area contributed by atoms with Crippen LogP contribution in [0.2, 0.25) is 0 Å². The number of aromatic nitrogens is 2. The predicted octanol–water partition coefficient (Wildman–Crippen LogP) is 4.87. The van der Waals surface area contributed by atoms with E-state index in [1.165, 1.54) is 0 Å². The maximum atomic E-state index is 13.9. The van der Waals surface area contributed by atoms with Crippen molar-refractivity contribution in [2.24, 2.45) is 5.73 Å². The normalized spacial score (nSPS) is 16.2. The van der Waals surface area contributed by atoms with Crippen LogP contribution in [0.1, 0.15) is 22.7 Å². The molecule has 0 aliphatic carbocycles. The number of ether oxygens (including phenoxy) is 1. The molecule has 3 aromatic rings. The summed E-state index contributed by atoms with van der Waals surface area (Å²) in [4.78, 5) is 0. The van der Waals surface area contributed by atoms with Crippen LogP contribution in [0, 0.1) is 11.3 Å². The first-order chi connectivity index (χ1) is 13.8. The highest BCUT2D eigenvalue weighted by atomic mass is 79.9. The highest BCUT2D eigenvalue weighted by molar-refractivity contribution is 9.10. The first-order valence-corrected chi connectivity index (χ1v) is 9.19. The molecular weight excluding hydrogens is 449 g/mol. The molecule has 146 valence electrons. The molecule has 1 atom stereocenters. The minimum Gasteiger partial charge on any atom is -0.422 e. The summed E-state index contributed by atoms with van der Waals surface area (Å²) in [5, 5.41) is 13.4. The Morgan fingerprint density at radius 2 is 1.76 bits per heavy atom. The van der Waals surface area contributed by atoms with E-state index in [9.17, 15) is 18.4 Å². The molecule has 29 heavy (non-hydrogen) atoms. The molecule has 1 aliphatic rings. The molecule has 0 saturated heterocycles. The van der Waals surface area contributed by atoms with Gasteiger partial charge in [-0.05, 0) is 29.8 Å². The van der Waals surface area contributed by atoms with Crippen LogP contribution in [0.5, 0.6) is 5.88 Å². The van der Waals surface area contributed by atoms with E-state index in [0.29, 0.717) is 11.3 Å². The smallest absolute Gasteiger partial charge is 0.422 e. The number of alkyl halides is 3. The van der Waals surface area contributed by atoms with Crippen molar-refractivity contribution in [2.45, 2.75) is 12.1 Å². The van der Waals surface area contributed by atoms with Crippen LogP contribution in [0.15, 0.2) is 70.5 Å². The van der Waals surface area contributed by atoms with Crippen LogP contribution in [0.3, 0.4) is 0 Å². The fourth-order valence-corrected chi connectivity index (χ4v) is 3.54. The van der Waals surface area contributed by atoms with E-state index < -0.39 is 17.8 Å². The van der Waals surface area contributed by atoms with Gasteiger partial charge < -0.3 is 10.5 Å². The third kappa shape index (κ3) is 3.25. The SMILES string of the molecule is N#CC1=C(N)Oc2c(c(C(F)(F)F)nn2-c2ccccc2)C1c1ccc(Br)cc1. The number of halogens is 4. The number of hydrogen-bond acceptors (Lipinski definition) is 4. The van der Waals surface area contributed by atoms with Crippen molar-refractivity contribution in [1.29, 1.82) is 5.26 Å². The fraction of sp³-hybridized carbons (Fsp3) is 0.100. The summed E-state index contributed by atoms with van der Waals surface area (Å²) in [6.45, 7) is 0. The third-order valence-corrected chi connectivity index (χ3v) is 5.05. The van der Waals surface area contributed by atoms with E-state index in [2.05, 4.69) is 21.0 Å². The highest BCUT2D eigenvalue weighted by Gasteiger charge is 2.46. The molecule has 2 aromatic carbocycles. The van der Waals surface area contributed by atoms with Gasteiger partial charge in [0, 0.05) is 4.47 Å². The Labute approximate surface area is 171 Å². The van der Waals surface area contributed by atoms with E-state index in [0.717, 1.165) is 9.15 Å². The summed E-state index contributed by atoms with van der Waals surface area (Å²) in [6, 6.07) is 16.8. The van der Waals surface area contributed by atoms with Gasteiger partial charge >= 0.3 is 6.18 Å². The van der Waals surface area contributed by atoms with Crippen LogP contribution in [-0.4, -0.2) is 9.78 Å². The van der Waals surface area contributed by atoms with Crippen molar-refractivity contribution >= 4 is 15.9 Å². The van der Waals surface area contributed by atoms with Crippen molar-refractivity contribution in [3.8, 4) is 17.6 Å². The Bertz CT molecular complexity index is 1150. The zero-order valence-corrected chi connectivity index (χ0v) is 16.2. The molecule has 5 nitrogen and oxygen atoms in total. The van der Waals surface area contributed by atoms with Crippen LogP contribution in [0.25, 0.3) is 5.69 Å². The molecule has 0 fully saturated rings. The summed E-state index contributed by atoms with van der Waals surface area (Å²) in [5.41, 5.74) is 5.31. The van der Waals surface area contributed by atoms with E-state index >= 15 is 0 Å². The Hall–Kier alpha value is -3.25. The fourth-order valence-electron chi connectivity index (χ4n) is 3.28. The Morgan fingerprint density at radius 3 is 2.34 bits per heavy atom. The molecule has 9 heteroatoms. The largest absolute Gasteiger partial charge is 0.435 e. The van der Waals surface area contributed by atoms with Crippen LogP contribution in [-0.2, 0) is 6.18 Å². The summed E-state index contributed by atoms with van der Waals surface area (Å²) >= 11 is 3.30. The lowest BCUT2D eigenvalue weighted by Gasteiger charge is -2.25. The van der Waals surface area contributed by atoms with Crippen LogP contribution < -0.4 is 10.5 Å². The second-order valence-electron chi connectivity index (χ2n) is 6.29. The van der Waals surface area contributed by atoms with Crippen LogP contribution >= 0.6 is 15.9 Å². The van der Waals surface area contributed by atoms with Crippen molar-refractivity contribution in [1.82, 2.24) is 9.78 Å². The van der Waals surface area contributed by atoms with E-state index in [1.807, 2.05) is 6.07 Å². The van der Waals surface area contributed by atoms with E-state index in [4.69, 9.17) is 10.5 Å². The average Bonchev–Trinajstić information content (AvgIpc) is 3.08. The van der Waals surface area contributed by atoms with Gasteiger partial charge in [-0.3, -0.25) is 0 Å². The number of nitrogens with two attached hydrogens (primary N) is 1. The molecule has 4 rings (SSSR count). The van der Waals surface area contributed by atoms with E-state index in [-0.39, 0.29) is 22.9 Å². The molecule has 1 aliphatic heterocycles. The zero-order chi connectivity index (χ0) is 20.8. The third-order valence-electron chi connectivity index (χ3n) is 4.52. The summed E-state index contributed by atoms with van der Waals surface area (Å²) < 4.78 is 49.1. The quantitative estimate of drug-likeness (QED) is 0.591. The Morgan fingerprint density at radius 1 is 1.10 bits per heavy atom. The van der Waals surface area contributed by atoms with Crippen molar-refractivity contribution in [3.63, 3.8) is 0 Å². The minimum absolute atomic E-state index is 0.0991. The van der Waals surface area contributed by atoms with Gasteiger partial charge in [0.15, 0.2) is 5.69 Å². The second kappa shape index (κ2) is 6.97. The van der Waals surface area contributed by atoms with Gasteiger partial charge in [0.25, 0.3) is 0 Å². The molecule has 2 N–H and O–H groups in total. The summed E-state index contributed by atoms with van der Waals surface area (Å²) in [7, 11) is 0. The molecule has 0 amide bonds. The lowest BCUT2D eigenvalue weighted by Crippen LogP contribution is -2.23. The summed E-state index contributed by atoms with van der Waals surface area (Å²) in [5.74, 6) is -1.47. The van der Waals surface area contributed by atoms with Crippen LogP contribution in [0.4, 0.5) is 13.2 Å². The number of fused-ring (bicyclic) bond motifs is 1. The van der Waals surface area contributed by atoms with Gasteiger partial charge in [0.2, 0.25) is 11.8 Å². The van der Waals surface area contributed by atoms with Gasteiger partial charge in [0.1, 0.15) is 11.6 Å². The number of nitriles is 1. The Kier molecular flexibility index (Phi) is 4.59. The van der Waals surface area contributed by atoms with Crippen molar-refractivity contribution < 1.29 is 17.9 Å². The van der Waals surface area contributed by atoms with Gasteiger partial charge in [0.05, 0.1) is 17.2 Å². The molecule has 0 bridgehead atoms. The highest BCUT2D eigenvalue weighted by Crippen LogP contribution is 2.48. The van der Waals surface area contributed by atoms with Gasteiger partial charge in [-0.2, -0.15) is 28.2 Å². The lowest BCUT2D eigenvalue weighted by molar-refractivity contribution is -0.142. The zero-order valence-electron chi connectivity index (χ0n) is 14.6. The van der Waals surface area contributed by atoms with E-state index in [1.54, 1.807) is 54.6 Å². The number of allylic oxidation sites excluding steroid dienone is 1. The molecule has 0 saturated carbocycles. The lowest BCUT2D eigenvalue weighted by atomic mass is 9.84. The molecule has 0 spiro atoms. The van der Waals surface area contributed by atoms with Gasteiger partial charge in [-0.25, -0.2) is 0 Å². The topological polar surface area (TPSA) is 76.9 Å². The number of rotatable bonds is 2. The standard InChI is InChI=1S/C20H12BrF3N4O/c21-12-8-6-11(7-9-12)15-14(10-25)18(26)29-19-16(15)17(20(22,23)24)27-28(19)13-4-2-1-3-5-13/h1-9,15H,26H2. The van der Waals surface area contributed by atoms with Crippen molar-refractivity contribution in [2.75, 3.05) is 0 Å². The monoisotopic (exact) mass is 460 g/mol. The maximum absolute atomic E-state index is 13.9. The molecule has 1 unspecified atom stereocenters.